The number of ether oxygens (including phenoxy) is 1. The van der Waals surface area contributed by atoms with E-state index in [4.69, 9.17) is 14.7 Å². The smallest absolute Gasteiger partial charge is 0.278 e. The highest BCUT2D eigenvalue weighted by Crippen LogP contribution is 2.52. The van der Waals surface area contributed by atoms with E-state index < -0.39 is 0 Å². The molecule has 2 aliphatic heterocycles. The molecule has 3 aromatic heterocycles. The molecule has 1 spiro atoms. The maximum atomic E-state index is 13.4. The van der Waals surface area contributed by atoms with Gasteiger partial charge in [-0.3, -0.25) is 4.79 Å². The zero-order chi connectivity index (χ0) is 25.7. The van der Waals surface area contributed by atoms with Gasteiger partial charge in [-0.1, -0.05) is 24.3 Å². The average Bonchev–Trinajstić information content (AvgIpc) is 3.61. The molecule has 5 heterocycles. The maximum Gasteiger partial charge on any atom is 0.278 e. The lowest BCUT2D eigenvalue weighted by Crippen LogP contribution is -2.35. The van der Waals surface area contributed by atoms with Crippen LogP contribution < -0.4 is 15.6 Å². The number of anilines is 2. The minimum Gasteiger partial charge on any atom is -0.478 e. The Kier molecular flexibility index (Phi) is 5.54. The second kappa shape index (κ2) is 9.09. The largest absolute Gasteiger partial charge is 0.478 e. The Labute approximate surface area is 220 Å². The van der Waals surface area contributed by atoms with Crippen molar-refractivity contribution in [2.75, 3.05) is 25.5 Å². The molecule has 1 saturated carbocycles. The number of benzene rings is 1. The number of nitrogens with one attached hydrogen (secondary N) is 1. The van der Waals surface area contributed by atoms with Crippen LogP contribution in [-0.4, -0.2) is 49.4 Å². The third-order valence-electron chi connectivity index (χ3n) is 7.86. The van der Waals surface area contributed by atoms with E-state index in [1.807, 2.05) is 24.3 Å². The van der Waals surface area contributed by atoms with Gasteiger partial charge in [-0.15, -0.1) is 0 Å². The quantitative estimate of drug-likeness (QED) is 0.403. The van der Waals surface area contributed by atoms with E-state index in [1.54, 1.807) is 15.6 Å². The van der Waals surface area contributed by atoms with Crippen molar-refractivity contribution in [3.05, 3.63) is 76.2 Å². The summed E-state index contributed by atoms with van der Waals surface area (Å²) in [7, 11) is 2.19. The maximum absolute atomic E-state index is 13.4. The first-order chi connectivity index (χ1) is 18.6. The van der Waals surface area contributed by atoms with Gasteiger partial charge in [-0.25, -0.2) is 14.3 Å². The van der Waals surface area contributed by atoms with Gasteiger partial charge >= 0.3 is 0 Å². The zero-order valence-corrected chi connectivity index (χ0v) is 21.6. The van der Waals surface area contributed by atoms with Crippen LogP contribution in [-0.2, 0) is 18.5 Å². The number of aromatic nitrogens is 5. The molecule has 0 atom stereocenters. The van der Waals surface area contributed by atoms with E-state index in [9.17, 15) is 4.79 Å². The van der Waals surface area contributed by atoms with Crippen LogP contribution >= 0.6 is 0 Å². The Balaban J connectivity index is 1.30. The monoisotopic (exact) mass is 509 g/mol. The van der Waals surface area contributed by atoms with Crippen molar-refractivity contribution in [3.8, 4) is 11.7 Å². The normalized spacial score (nSPS) is 18.6. The molecule has 38 heavy (non-hydrogen) atoms. The fourth-order valence-corrected chi connectivity index (χ4v) is 5.90. The van der Waals surface area contributed by atoms with Crippen molar-refractivity contribution >= 4 is 22.7 Å². The van der Waals surface area contributed by atoms with Crippen LogP contribution in [0.3, 0.4) is 0 Å². The predicted molar refractivity (Wildman–Crippen MR) is 146 cm³/mol. The third-order valence-corrected chi connectivity index (χ3v) is 7.86. The molecule has 1 aromatic carbocycles. The van der Waals surface area contributed by atoms with Crippen molar-refractivity contribution in [3.63, 3.8) is 0 Å². The summed E-state index contributed by atoms with van der Waals surface area (Å²) in [5.74, 6) is 1.56. The molecular formula is C29H31N7O2. The van der Waals surface area contributed by atoms with Gasteiger partial charge in [-0.05, 0) is 68.5 Å². The molecular weight excluding hydrogens is 478 g/mol. The Hall–Kier alpha value is -3.98. The summed E-state index contributed by atoms with van der Waals surface area (Å²) >= 11 is 0. The molecule has 9 nitrogen and oxygen atoms in total. The van der Waals surface area contributed by atoms with Gasteiger partial charge in [0, 0.05) is 36.5 Å². The summed E-state index contributed by atoms with van der Waals surface area (Å²) in [6.07, 6.45) is 11.2. The number of rotatable bonds is 2. The first-order valence-corrected chi connectivity index (χ1v) is 13.4. The lowest BCUT2D eigenvalue weighted by atomic mass is 9.87. The predicted octanol–water partition coefficient (Wildman–Crippen LogP) is 4.32. The van der Waals surface area contributed by atoms with E-state index in [0.29, 0.717) is 47.2 Å². The van der Waals surface area contributed by atoms with Gasteiger partial charge in [0.25, 0.3) is 5.56 Å². The summed E-state index contributed by atoms with van der Waals surface area (Å²) in [6, 6.07) is 12.2. The molecule has 3 aliphatic rings. The van der Waals surface area contributed by atoms with Crippen molar-refractivity contribution in [2.24, 2.45) is 0 Å². The van der Waals surface area contributed by atoms with Crippen LogP contribution in [0.2, 0.25) is 0 Å². The first kappa shape index (κ1) is 23.2. The molecule has 2 bridgehead atoms. The van der Waals surface area contributed by atoms with E-state index >= 15 is 0 Å². The Morgan fingerprint density at radius 2 is 2.00 bits per heavy atom. The fourth-order valence-electron chi connectivity index (χ4n) is 5.90. The van der Waals surface area contributed by atoms with Crippen molar-refractivity contribution in [1.82, 2.24) is 29.2 Å². The molecule has 9 heteroatoms. The average molecular weight is 510 g/mol. The second-order valence-electron chi connectivity index (χ2n) is 10.7. The number of pyridine rings is 1. The number of nitrogens with zero attached hydrogens (tertiary/aromatic N) is 6. The van der Waals surface area contributed by atoms with Crippen LogP contribution in [0.25, 0.3) is 16.9 Å². The summed E-state index contributed by atoms with van der Waals surface area (Å²) < 4.78 is 9.32. The van der Waals surface area contributed by atoms with Crippen LogP contribution in [0, 0.1) is 0 Å². The van der Waals surface area contributed by atoms with Gasteiger partial charge in [0.2, 0.25) is 11.8 Å². The van der Waals surface area contributed by atoms with Crippen LogP contribution in [0.4, 0.5) is 11.6 Å². The highest BCUT2D eigenvalue weighted by molar-refractivity contribution is 5.77. The summed E-state index contributed by atoms with van der Waals surface area (Å²) in [4.78, 5) is 29.9. The van der Waals surface area contributed by atoms with Crippen LogP contribution in [0.5, 0.6) is 5.88 Å². The Morgan fingerprint density at radius 3 is 2.89 bits per heavy atom. The van der Waals surface area contributed by atoms with Gasteiger partial charge in [-0.2, -0.15) is 9.97 Å². The first-order valence-electron chi connectivity index (χ1n) is 13.4. The molecule has 7 rings (SSSR count). The number of hydrogen-bond acceptors (Lipinski definition) is 7. The molecule has 0 amide bonds. The van der Waals surface area contributed by atoms with Crippen LogP contribution in [0.1, 0.15) is 43.2 Å². The molecule has 194 valence electrons. The standard InChI is InChI=1S/C29H31N7O2/c1-34-18-20-16-21(10-11-23(20)29(19-34)12-13-29)31-28-30-17-22-26(33-28)36-24-8-7-9-25(32-24)38-15-6-4-2-3-5-14-35(36)27(22)37/h3,5,7-11,16-17H,2,4,6,12-15,18-19H2,1H3,(H,30,31,33). The molecule has 0 saturated heterocycles. The van der Waals surface area contributed by atoms with E-state index in [2.05, 4.69) is 46.5 Å². The van der Waals surface area contributed by atoms with Crippen molar-refractivity contribution in [2.45, 2.75) is 50.6 Å². The number of fused-ring (bicyclic) bond motifs is 8. The van der Waals surface area contributed by atoms with Gasteiger partial charge in [0.1, 0.15) is 5.39 Å². The fraction of sp³-hybridized carbons (Fsp3) is 0.379. The minimum absolute atomic E-state index is 0.147. The van der Waals surface area contributed by atoms with E-state index in [-0.39, 0.29) is 5.56 Å². The second-order valence-corrected chi connectivity index (χ2v) is 10.7. The number of allylic oxidation sites excluding steroid dienone is 2. The lowest BCUT2D eigenvalue weighted by Gasteiger charge is -2.32. The van der Waals surface area contributed by atoms with Crippen molar-refractivity contribution in [1.29, 1.82) is 0 Å². The molecule has 1 N–H and O–H groups in total. The molecule has 4 aromatic rings. The van der Waals surface area contributed by atoms with Crippen LogP contribution in [0.15, 0.2) is 59.5 Å². The van der Waals surface area contributed by atoms with Gasteiger partial charge < -0.3 is 15.0 Å². The summed E-state index contributed by atoms with van der Waals surface area (Å²) in [5, 5.41) is 3.83. The Morgan fingerprint density at radius 1 is 1.08 bits per heavy atom. The molecule has 0 unspecified atom stereocenters. The van der Waals surface area contributed by atoms with Gasteiger partial charge in [0.15, 0.2) is 11.5 Å². The van der Waals surface area contributed by atoms with E-state index in [0.717, 1.165) is 38.0 Å². The highest BCUT2D eigenvalue weighted by atomic mass is 16.5. The number of likely N-dealkylation sites (N-methyl/N-ethyl adjacent to an activating group) is 1. The molecule has 0 radical (unpaired) electrons. The topological polar surface area (TPSA) is 90.1 Å². The summed E-state index contributed by atoms with van der Waals surface area (Å²) in [6.45, 7) is 3.10. The Bertz CT molecular complexity index is 1620. The van der Waals surface area contributed by atoms with Crippen molar-refractivity contribution < 1.29 is 4.74 Å². The van der Waals surface area contributed by atoms with E-state index in [1.165, 1.54) is 24.0 Å². The van der Waals surface area contributed by atoms with Gasteiger partial charge in [0.05, 0.1) is 13.2 Å². The molecule has 1 fully saturated rings. The molecule has 1 aliphatic carbocycles. The minimum atomic E-state index is -0.147. The number of hydrogen-bond donors (Lipinski definition) is 1. The zero-order valence-electron chi connectivity index (χ0n) is 21.6. The SMILES string of the molecule is CN1Cc2cc(Nc3ncc4c(=O)n5n(c4n3)-c3cccc(n3)OCCCCC=CC5)ccc2C2(CC2)C1. The lowest BCUT2D eigenvalue weighted by molar-refractivity contribution is 0.271. The summed E-state index contributed by atoms with van der Waals surface area (Å²) in [5.41, 5.74) is 4.48. The highest BCUT2D eigenvalue weighted by Gasteiger charge is 2.48. The third kappa shape index (κ3) is 4.07.